The van der Waals surface area contributed by atoms with E-state index in [9.17, 15) is 14.4 Å². The smallest absolute Gasteiger partial charge is 0.336 e. The molecule has 0 radical (unpaired) electrons. The minimum Gasteiger partial charge on any atom is -0.481 e. The fourth-order valence-electron chi connectivity index (χ4n) is 2.55. The number of halogens is 1. The minimum atomic E-state index is -2.74. The molecule has 0 bridgehead atoms. The Morgan fingerprint density at radius 3 is 1.97 bits per heavy atom. The van der Waals surface area contributed by atoms with Crippen LogP contribution in [0.25, 0.3) is 0 Å². The van der Waals surface area contributed by atoms with Crippen molar-refractivity contribution in [1.29, 1.82) is 0 Å². The molecule has 0 saturated carbocycles. The summed E-state index contributed by atoms with van der Waals surface area (Å²) in [5.74, 6) is -5.02. The third kappa shape index (κ3) is 11.2. The molecular formula is C20H27BrN2O7S2. The zero-order valence-corrected chi connectivity index (χ0v) is 21.0. The molecule has 2 aromatic heterocycles. The summed E-state index contributed by atoms with van der Waals surface area (Å²) in [5, 5.41) is 36.0. The number of carboxylic acid groups (broad SMARTS) is 3. The highest BCUT2D eigenvalue weighted by Gasteiger charge is 2.40. The summed E-state index contributed by atoms with van der Waals surface area (Å²) < 4.78 is 1.21. The number of nitrogens with zero attached hydrogens (tertiary/aromatic N) is 2. The van der Waals surface area contributed by atoms with Gasteiger partial charge in [0.15, 0.2) is 5.60 Å². The predicted molar refractivity (Wildman–Crippen MR) is 126 cm³/mol. The fourth-order valence-corrected chi connectivity index (χ4v) is 4.82. The summed E-state index contributed by atoms with van der Waals surface area (Å²) in [6, 6.07) is 8.70. The van der Waals surface area contributed by atoms with Gasteiger partial charge in [0, 0.05) is 35.9 Å². The van der Waals surface area contributed by atoms with E-state index >= 15 is 0 Å². The maximum absolute atomic E-state index is 10.3. The Hall–Kier alpha value is -1.83. The van der Waals surface area contributed by atoms with E-state index in [1.54, 1.807) is 0 Å². The van der Waals surface area contributed by atoms with E-state index in [4.69, 9.17) is 20.4 Å². The van der Waals surface area contributed by atoms with Crippen molar-refractivity contribution >= 4 is 56.5 Å². The lowest BCUT2D eigenvalue weighted by Gasteiger charge is -2.23. The number of likely N-dealkylation sites (N-methyl/N-ethyl adjacent to an activating group) is 1. The van der Waals surface area contributed by atoms with E-state index in [2.05, 4.69) is 69.5 Å². The van der Waals surface area contributed by atoms with Gasteiger partial charge in [-0.3, -0.25) is 14.5 Å². The third-order valence-corrected chi connectivity index (χ3v) is 6.59. The number of hydrogen-bond donors (Lipinski definition) is 4. The Labute approximate surface area is 202 Å². The number of carboxylic acids is 3. The molecule has 2 heterocycles. The molecule has 0 aliphatic heterocycles. The van der Waals surface area contributed by atoms with Crippen molar-refractivity contribution < 1.29 is 34.8 Å². The van der Waals surface area contributed by atoms with Gasteiger partial charge in [0.2, 0.25) is 0 Å². The lowest BCUT2D eigenvalue weighted by atomic mass is 9.96. The van der Waals surface area contributed by atoms with Crippen LogP contribution in [0, 0.1) is 0 Å². The van der Waals surface area contributed by atoms with Gasteiger partial charge < -0.3 is 25.3 Å². The Kier molecular flexibility index (Phi) is 12.0. The van der Waals surface area contributed by atoms with Crippen LogP contribution in [0.1, 0.15) is 22.6 Å². The van der Waals surface area contributed by atoms with Crippen LogP contribution in [-0.4, -0.2) is 80.9 Å². The molecular weight excluding hydrogens is 524 g/mol. The first-order valence-corrected chi connectivity index (χ1v) is 11.9. The Morgan fingerprint density at radius 1 is 0.969 bits per heavy atom. The number of carbonyl (C=O) groups is 3. The van der Waals surface area contributed by atoms with Crippen molar-refractivity contribution in [2.45, 2.75) is 31.5 Å². The number of hydrogen-bond acceptors (Lipinski definition) is 8. The number of aliphatic carboxylic acids is 3. The van der Waals surface area contributed by atoms with E-state index in [1.165, 1.54) is 13.5 Å². The van der Waals surface area contributed by atoms with Crippen LogP contribution in [0.3, 0.4) is 0 Å². The summed E-state index contributed by atoms with van der Waals surface area (Å²) in [5.41, 5.74) is -2.74. The maximum atomic E-state index is 10.3. The first-order valence-electron chi connectivity index (χ1n) is 9.44. The highest BCUT2D eigenvalue weighted by Crippen LogP contribution is 2.24. The van der Waals surface area contributed by atoms with E-state index in [0.717, 1.165) is 26.2 Å². The molecule has 2 aromatic rings. The quantitative estimate of drug-likeness (QED) is 0.314. The maximum Gasteiger partial charge on any atom is 0.336 e. The van der Waals surface area contributed by atoms with Crippen LogP contribution in [0.5, 0.6) is 0 Å². The van der Waals surface area contributed by atoms with Crippen molar-refractivity contribution in [1.82, 2.24) is 9.80 Å². The van der Waals surface area contributed by atoms with Gasteiger partial charge in [0.05, 0.1) is 16.6 Å². The average molecular weight is 551 g/mol. The highest BCUT2D eigenvalue weighted by molar-refractivity contribution is 9.11. The molecule has 0 unspecified atom stereocenters. The Balaban J connectivity index is 0.000000347. The number of rotatable bonds is 12. The lowest BCUT2D eigenvalue weighted by molar-refractivity contribution is -0.170. The summed E-state index contributed by atoms with van der Waals surface area (Å²) in [6.07, 6.45) is -2.29. The Morgan fingerprint density at radius 2 is 1.56 bits per heavy atom. The first-order chi connectivity index (χ1) is 14.9. The summed E-state index contributed by atoms with van der Waals surface area (Å²) in [7, 11) is 4.26. The zero-order valence-electron chi connectivity index (χ0n) is 17.7. The highest BCUT2D eigenvalue weighted by atomic mass is 79.9. The zero-order chi connectivity index (χ0) is 24.3. The van der Waals surface area contributed by atoms with Crippen LogP contribution in [0.2, 0.25) is 0 Å². The molecule has 12 heteroatoms. The van der Waals surface area contributed by atoms with Crippen molar-refractivity contribution in [2.24, 2.45) is 0 Å². The second kappa shape index (κ2) is 13.7. The van der Waals surface area contributed by atoms with Gasteiger partial charge in [-0.25, -0.2) is 4.79 Å². The van der Waals surface area contributed by atoms with Gasteiger partial charge in [0.25, 0.3) is 0 Å². The summed E-state index contributed by atoms with van der Waals surface area (Å²) >= 11 is 7.21. The second-order valence-corrected chi connectivity index (χ2v) is 10.9. The number of aliphatic hydroxyl groups is 1. The normalized spacial score (nSPS) is 11.3. The molecule has 0 fully saturated rings. The van der Waals surface area contributed by atoms with Gasteiger partial charge in [-0.15, -0.1) is 22.7 Å². The van der Waals surface area contributed by atoms with Crippen molar-refractivity contribution in [2.75, 3.05) is 27.2 Å². The predicted octanol–water partition coefficient (Wildman–Crippen LogP) is 2.89. The first kappa shape index (κ1) is 28.2. The standard InChI is InChI=1S/C14H19BrN2S2.C6H8O7/c1-16(2)7-8-17(10-12-4-3-9-18-12)11-13-5-6-14(15)19-13;7-3(8)1-6(13,5(11)12)2-4(9)10/h3-6,9H,7-8,10-11H2,1-2H3;13H,1-2H2,(H,7,8)(H,9,10)(H,11,12). The molecule has 0 aromatic carbocycles. The van der Waals surface area contributed by atoms with Gasteiger partial charge in [0.1, 0.15) is 0 Å². The van der Waals surface area contributed by atoms with Crippen LogP contribution >= 0.6 is 38.6 Å². The van der Waals surface area contributed by atoms with Crippen molar-refractivity contribution in [3.8, 4) is 0 Å². The molecule has 0 aliphatic rings. The monoisotopic (exact) mass is 550 g/mol. The largest absolute Gasteiger partial charge is 0.481 e. The summed E-state index contributed by atoms with van der Waals surface area (Å²) in [6.45, 7) is 4.27. The lowest BCUT2D eigenvalue weighted by Crippen LogP contribution is -2.42. The summed E-state index contributed by atoms with van der Waals surface area (Å²) in [4.78, 5) is 38.1. The Bertz CT molecular complexity index is 855. The van der Waals surface area contributed by atoms with Crippen LogP contribution in [-0.2, 0) is 27.5 Å². The average Bonchev–Trinajstić information content (AvgIpc) is 3.30. The van der Waals surface area contributed by atoms with Gasteiger partial charge in [-0.05, 0) is 53.6 Å². The molecule has 32 heavy (non-hydrogen) atoms. The minimum absolute atomic E-state index is 1.03. The van der Waals surface area contributed by atoms with Crippen LogP contribution in [0.4, 0.5) is 0 Å². The van der Waals surface area contributed by atoms with Gasteiger partial charge in [-0.2, -0.15) is 0 Å². The molecule has 2 rings (SSSR count). The molecule has 0 saturated heterocycles. The van der Waals surface area contributed by atoms with Crippen LogP contribution in [0.15, 0.2) is 33.4 Å². The van der Waals surface area contributed by atoms with E-state index in [0.29, 0.717) is 0 Å². The van der Waals surface area contributed by atoms with E-state index in [-0.39, 0.29) is 0 Å². The molecule has 0 atom stereocenters. The van der Waals surface area contributed by atoms with Gasteiger partial charge >= 0.3 is 17.9 Å². The second-order valence-electron chi connectivity index (χ2n) is 7.28. The number of thiophene rings is 2. The molecule has 178 valence electrons. The molecule has 0 spiro atoms. The fraction of sp³-hybridized carbons (Fsp3) is 0.450. The molecule has 0 amide bonds. The van der Waals surface area contributed by atoms with E-state index < -0.39 is 36.4 Å². The third-order valence-electron chi connectivity index (χ3n) is 4.12. The SMILES string of the molecule is CN(C)CCN(Cc1cccs1)Cc1ccc(Br)s1.O=C(O)CC(O)(CC(=O)O)C(=O)O. The van der Waals surface area contributed by atoms with Crippen LogP contribution < -0.4 is 0 Å². The molecule has 9 nitrogen and oxygen atoms in total. The van der Waals surface area contributed by atoms with Crippen molar-refractivity contribution in [3.05, 3.63) is 43.2 Å². The van der Waals surface area contributed by atoms with Gasteiger partial charge in [-0.1, -0.05) is 6.07 Å². The molecule has 0 aliphatic carbocycles. The molecule has 4 N–H and O–H groups in total. The topological polar surface area (TPSA) is 139 Å². The van der Waals surface area contributed by atoms with E-state index in [1.807, 2.05) is 22.7 Å². The van der Waals surface area contributed by atoms with Crippen molar-refractivity contribution in [3.63, 3.8) is 0 Å².